The SMILES string of the molecule is Cc1cccc(C2(C(=O)NC3CCN(CC(F)F)CC3)CC2)c1. The fourth-order valence-electron chi connectivity index (χ4n) is 3.49. The minimum absolute atomic E-state index is 0.107. The molecule has 23 heavy (non-hydrogen) atoms. The smallest absolute Gasteiger partial charge is 0.251 e. The second-order valence-corrected chi connectivity index (χ2v) is 6.89. The van der Waals surface area contributed by atoms with Gasteiger partial charge in [0.2, 0.25) is 5.91 Å². The molecule has 1 aliphatic carbocycles. The number of nitrogens with one attached hydrogen (secondary N) is 1. The maximum absolute atomic E-state index is 12.7. The number of likely N-dealkylation sites (tertiary alicyclic amines) is 1. The quantitative estimate of drug-likeness (QED) is 0.904. The highest BCUT2D eigenvalue weighted by atomic mass is 19.3. The van der Waals surface area contributed by atoms with E-state index in [1.54, 1.807) is 4.90 Å². The zero-order valence-electron chi connectivity index (χ0n) is 13.5. The molecule has 2 fully saturated rings. The van der Waals surface area contributed by atoms with Crippen LogP contribution in [0, 0.1) is 6.92 Å². The normalized spacial score (nSPS) is 21.4. The summed E-state index contributed by atoms with van der Waals surface area (Å²) >= 11 is 0. The van der Waals surface area contributed by atoms with Gasteiger partial charge in [-0.1, -0.05) is 29.8 Å². The standard InChI is InChI=1S/C18H24F2N2O/c1-13-3-2-4-14(11-13)18(7-8-18)17(23)21-15-5-9-22(10-6-15)12-16(19)20/h2-4,11,15-16H,5-10,12H2,1H3,(H,21,23). The molecule has 0 unspecified atom stereocenters. The first-order valence-corrected chi connectivity index (χ1v) is 8.38. The molecule has 2 aliphatic rings. The molecule has 1 N–H and O–H groups in total. The minimum Gasteiger partial charge on any atom is -0.353 e. The molecule has 0 radical (unpaired) electrons. The number of benzene rings is 1. The van der Waals surface area contributed by atoms with Crippen molar-refractivity contribution in [2.24, 2.45) is 0 Å². The zero-order chi connectivity index (χ0) is 16.4. The van der Waals surface area contributed by atoms with Crippen LogP contribution in [0.4, 0.5) is 8.78 Å². The molecule has 1 aromatic carbocycles. The van der Waals surface area contributed by atoms with E-state index >= 15 is 0 Å². The van der Waals surface area contributed by atoms with Gasteiger partial charge >= 0.3 is 0 Å². The number of rotatable bonds is 5. The van der Waals surface area contributed by atoms with E-state index in [0.717, 1.165) is 31.2 Å². The van der Waals surface area contributed by atoms with Crippen molar-refractivity contribution in [3.63, 3.8) is 0 Å². The third-order valence-corrected chi connectivity index (χ3v) is 5.07. The molecule has 1 saturated carbocycles. The van der Waals surface area contributed by atoms with Crippen molar-refractivity contribution < 1.29 is 13.6 Å². The Labute approximate surface area is 136 Å². The zero-order valence-corrected chi connectivity index (χ0v) is 13.5. The van der Waals surface area contributed by atoms with Crippen molar-refractivity contribution in [3.05, 3.63) is 35.4 Å². The number of piperidine rings is 1. The third-order valence-electron chi connectivity index (χ3n) is 5.07. The average molecular weight is 322 g/mol. The highest BCUT2D eigenvalue weighted by molar-refractivity contribution is 5.91. The van der Waals surface area contributed by atoms with Gasteiger partial charge in [0, 0.05) is 19.1 Å². The molecule has 1 aromatic rings. The van der Waals surface area contributed by atoms with Crippen LogP contribution in [0.15, 0.2) is 24.3 Å². The Balaban J connectivity index is 1.56. The molecule has 0 bridgehead atoms. The molecule has 126 valence electrons. The van der Waals surface area contributed by atoms with Crippen LogP contribution < -0.4 is 5.32 Å². The lowest BCUT2D eigenvalue weighted by molar-refractivity contribution is -0.124. The van der Waals surface area contributed by atoms with Crippen LogP contribution in [0.2, 0.25) is 0 Å². The molecule has 5 heteroatoms. The lowest BCUT2D eigenvalue weighted by Gasteiger charge is -2.33. The number of amides is 1. The van der Waals surface area contributed by atoms with Crippen LogP contribution in [0.25, 0.3) is 0 Å². The number of hydrogen-bond acceptors (Lipinski definition) is 2. The molecular formula is C18H24F2N2O. The number of hydrogen-bond donors (Lipinski definition) is 1. The van der Waals surface area contributed by atoms with Crippen molar-refractivity contribution in [3.8, 4) is 0 Å². The Morgan fingerprint density at radius 1 is 1.35 bits per heavy atom. The maximum Gasteiger partial charge on any atom is 0.251 e. The van der Waals surface area contributed by atoms with Crippen LogP contribution in [-0.2, 0) is 10.2 Å². The van der Waals surface area contributed by atoms with Gasteiger partial charge in [-0.05, 0) is 38.2 Å². The molecule has 0 spiro atoms. The van der Waals surface area contributed by atoms with Gasteiger partial charge in [-0.3, -0.25) is 9.69 Å². The van der Waals surface area contributed by atoms with Crippen LogP contribution in [-0.4, -0.2) is 42.9 Å². The number of alkyl halides is 2. The number of nitrogens with zero attached hydrogens (tertiary/aromatic N) is 1. The first-order valence-electron chi connectivity index (χ1n) is 8.38. The van der Waals surface area contributed by atoms with Crippen molar-refractivity contribution >= 4 is 5.91 Å². The average Bonchev–Trinajstić information content (AvgIpc) is 3.30. The summed E-state index contributed by atoms with van der Waals surface area (Å²) in [5.74, 6) is 0.107. The predicted octanol–water partition coefficient (Wildman–Crippen LogP) is 2.87. The van der Waals surface area contributed by atoms with Crippen LogP contribution in [0.5, 0.6) is 0 Å². The number of halogens is 2. The molecule has 0 aromatic heterocycles. The van der Waals surface area contributed by atoms with E-state index in [9.17, 15) is 13.6 Å². The van der Waals surface area contributed by atoms with Gasteiger partial charge in [-0.25, -0.2) is 8.78 Å². The Kier molecular flexibility index (Phi) is 4.67. The summed E-state index contributed by atoms with van der Waals surface area (Å²) in [5, 5.41) is 3.16. The van der Waals surface area contributed by atoms with Crippen molar-refractivity contribution in [1.82, 2.24) is 10.2 Å². The Morgan fingerprint density at radius 3 is 2.61 bits per heavy atom. The van der Waals surface area contributed by atoms with Crippen molar-refractivity contribution in [1.29, 1.82) is 0 Å². The largest absolute Gasteiger partial charge is 0.353 e. The van der Waals surface area contributed by atoms with Crippen molar-refractivity contribution in [2.45, 2.75) is 50.5 Å². The van der Waals surface area contributed by atoms with Crippen molar-refractivity contribution in [2.75, 3.05) is 19.6 Å². The summed E-state index contributed by atoms with van der Waals surface area (Å²) in [5.41, 5.74) is 1.92. The van der Waals surface area contributed by atoms with Gasteiger partial charge in [-0.2, -0.15) is 0 Å². The van der Waals surface area contributed by atoms with Gasteiger partial charge in [-0.15, -0.1) is 0 Å². The molecule has 1 saturated heterocycles. The van der Waals surface area contributed by atoms with E-state index in [4.69, 9.17) is 0 Å². The second kappa shape index (κ2) is 6.56. The first-order chi connectivity index (χ1) is 11.0. The maximum atomic E-state index is 12.7. The summed E-state index contributed by atoms with van der Waals surface area (Å²) < 4.78 is 24.8. The Morgan fingerprint density at radius 2 is 2.04 bits per heavy atom. The molecular weight excluding hydrogens is 298 g/mol. The van der Waals surface area contributed by atoms with E-state index < -0.39 is 6.43 Å². The van der Waals surface area contributed by atoms with Crippen LogP contribution in [0.1, 0.15) is 36.8 Å². The third kappa shape index (κ3) is 3.71. The molecule has 1 aliphatic heterocycles. The minimum atomic E-state index is -2.28. The summed E-state index contributed by atoms with van der Waals surface area (Å²) in [6.07, 6.45) is 1.02. The lowest BCUT2D eigenvalue weighted by atomic mass is 9.92. The summed E-state index contributed by atoms with van der Waals surface area (Å²) in [4.78, 5) is 14.5. The molecule has 1 amide bonds. The van der Waals surface area contributed by atoms with Crippen LogP contribution in [0.3, 0.4) is 0 Å². The van der Waals surface area contributed by atoms with E-state index in [-0.39, 0.29) is 23.9 Å². The molecule has 0 atom stereocenters. The van der Waals surface area contributed by atoms with E-state index in [2.05, 4.69) is 11.4 Å². The highest BCUT2D eigenvalue weighted by Gasteiger charge is 2.51. The summed E-state index contributed by atoms with van der Waals surface area (Å²) in [6.45, 7) is 3.14. The van der Waals surface area contributed by atoms with E-state index in [1.807, 2.05) is 25.1 Å². The Hall–Kier alpha value is -1.49. The topological polar surface area (TPSA) is 32.3 Å². The summed E-state index contributed by atoms with van der Waals surface area (Å²) in [6, 6.07) is 8.28. The van der Waals surface area contributed by atoms with E-state index in [1.165, 1.54) is 5.56 Å². The lowest BCUT2D eigenvalue weighted by Crippen LogP contribution is -2.48. The monoisotopic (exact) mass is 322 g/mol. The molecule has 3 nitrogen and oxygen atoms in total. The fourth-order valence-corrected chi connectivity index (χ4v) is 3.49. The second-order valence-electron chi connectivity index (χ2n) is 6.89. The van der Waals surface area contributed by atoms with Gasteiger partial charge in [0.1, 0.15) is 0 Å². The molecule has 3 rings (SSSR count). The Bertz CT molecular complexity index is 564. The number of aryl methyl sites for hydroxylation is 1. The number of carbonyl (C=O) groups excluding carboxylic acids is 1. The fraction of sp³-hybridized carbons (Fsp3) is 0.611. The number of carbonyl (C=O) groups is 1. The van der Waals surface area contributed by atoms with Gasteiger partial charge in [0.05, 0.1) is 12.0 Å². The van der Waals surface area contributed by atoms with Gasteiger partial charge < -0.3 is 5.32 Å². The van der Waals surface area contributed by atoms with Gasteiger partial charge in [0.15, 0.2) is 0 Å². The summed E-state index contributed by atoms with van der Waals surface area (Å²) in [7, 11) is 0. The highest BCUT2D eigenvalue weighted by Crippen LogP contribution is 2.48. The predicted molar refractivity (Wildman–Crippen MR) is 85.7 cm³/mol. The molecule has 1 heterocycles. The van der Waals surface area contributed by atoms with Crippen LogP contribution >= 0.6 is 0 Å². The van der Waals surface area contributed by atoms with Gasteiger partial charge in [0.25, 0.3) is 6.43 Å². The van der Waals surface area contributed by atoms with E-state index in [0.29, 0.717) is 13.1 Å². The first kappa shape index (κ1) is 16.4.